The zero-order valence-corrected chi connectivity index (χ0v) is 18.2. The van der Waals surface area contributed by atoms with Gasteiger partial charge in [-0.05, 0) is 48.9 Å². The van der Waals surface area contributed by atoms with Gasteiger partial charge in [-0.25, -0.2) is 4.79 Å². The fourth-order valence-corrected chi connectivity index (χ4v) is 4.04. The smallest absolute Gasteiger partial charge is 0.337 e. The molecule has 0 radical (unpaired) electrons. The van der Waals surface area contributed by atoms with Crippen LogP contribution in [0.2, 0.25) is 10.0 Å². The Labute approximate surface area is 193 Å². The van der Waals surface area contributed by atoms with Gasteiger partial charge in [0.25, 0.3) is 0 Å². The van der Waals surface area contributed by atoms with Crippen LogP contribution in [0.5, 0.6) is 0 Å². The van der Waals surface area contributed by atoms with Crippen molar-refractivity contribution in [2.75, 3.05) is 5.32 Å². The zero-order valence-electron chi connectivity index (χ0n) is 16.7. The van der Waals surface area contributed by atoms with Crippen molar-refractivity contribution in [1.82, 2.24) is 4.90 Å². The van der Waals surface area contributed by atoms with Crippen LogP contribution in [0, 0.1) is 0 Å². The fourth-order valence-electron chi connectivity index (χ4n) is 3.66. The number of nitrogens with zero attached hydrogens (tertiary/aromatic N) is 1. The van der Waals surface area contributed by atoms with Crippen LogP contribution >= 0.6 is 23.2 Å². The highest BCUT2D eigenvalue weighted by atomic mass is 35.5. The first-order chi connectivity index (χ1) is 15.3. The first kappa shape index (κ1) is 21.9. The summed E-state index contributed by atoms with van der Waals surface area (Å²) in [6.45, 7) is 0.0929. The second-order valence-corrected chi connectivity index (χ2v) is 8.15. The summed E-state index contributed by atoms with van der Waals surface area (Å²) < 4.78 is 5.87. The maximum atomic E-state index is 12.9. The summed E-state index contributed by atoms with van der Waals surface area (Å²) in [6.07, 6.45) is 0.542. The van der Waals surface area contributed by atoms with Gasteiger partial charge in [0.2, 0.25) is 11.8 Å². The second-order valence-electron chi connectivity index (χ2n) is 7.31. The average molecular weight is 473 g/mol. The summed E-state index contributed by atoms with van der Waals surface area (Å²) in [4.78, 5) is 38.2. The molecule has 1 atom stereocenters. The molecule has 3 aromatic rings. The number of hydrogen-bond acceptors (Lipinski definition) is 4. The van der Waals surface area contributed by atoms with E-state index < -0.39 is 17.9 Å². The van der Waals surface area contributed by atoms with Crippen LogP contribution in [0.1, 0.15) is 29.0 Å². The SMILES string of the molecule is O=C(O)c1ccccc1NC(=O)[C@H]1CCC(=O)N1Cc1ccc(-c2cc(Cl)ccc2Cl)o1. The molecule has 0 unspecified atom stereocenters. The van der Waals surface area contributed by atoms with Gasteiger partial charge in [-0.2, -0.15) is 0 Å². The third kappa shape index (κ3) is 4.49. The Morgan fingerprint density at radius 3 is 2.69 bits per heavy atom. The summed E-state index contributed by atoms with van der Waals surface area (Å²) in [7, 11) is 0. The number of carbonyl (C=O) groups excluding carboxylic acids is 2. The van der Waals surface area contributed by atoms with Crippen LogP contribution in [0.4, 0.5) is 5.69 Å². The van der Waals surface area contributed by atoms with Crippen molar-refractivity contribution in [2.24, 2.45) is 0 Å². The number of amides is 2. The number of rotatable bonds is 6. The molecule has 9 heteroatoms. The molecule has 2 N–H and O–H groups in total. The first-order valence-electron chi connectivity index (χ1n) is 9.80. The predicted octanol–water partition coefficient (Wildman–Crippen LogP) is 5.08. The Morgan fingerprint density at radius 2 is 1.91 bits per heavy atom. The molecule has 4 rings (SSSR count). The standard InChI is InChI=1S/C23H18Cl2N2O5/c24-13-5-7-17(25)16(11-13)20-9-6-14(32-20)12-27-19(8-10-21(27)28)22(29)26-18-4-2-1-3-15(18)23(30)31/h1-7,9,11,19H,8,10,12H2,(H,26,29)(H,30,31)/t19-/m1/s1. The topological polar surface area (TPSA) is 99.8 Å². The second kappa shape index (κ2) is 9.06. The van der Waals surface area contributed by atoms with E-state index in [1.54, 1.807) is 42.5 Å². The lowest BCUT2D eigenvalue weighted by Gasteiger charge is -2.23. The van der Waals surface area contributed by atoms with Crippen molar-refractivity contribution in [3.8, 4) is 11.3 Å². The van der Waals surface area contributed by atoms with Gasteiger partial charge in [0.05, 0.1) is 22.8 Å². The van der Waals surface area contributed by atoms with Crippen molar-refractivity contribution < 1.29 is 23.9 Å². The van der Waals surface area contributed by atoms with E-state index in [1.807, 2.05) is 0 Å². The Morgan fingerprint density at radius 1 is 1.12 bits per heavy atom. The zero-order chi connectivity index (χ0) is 22.8. The molecule has 0 spiro atoms. The minimum absolute atomic E-state index is 0.0224. The Hall–Kier alpha value is -3.29. The molecule has 1 aromatic heterocycles. The normalized spacial score (nSPS) is 15.8. The molecular weight excluding hydrogens is 455 g/mol. The lowest BCUT2D eigenvalue weighted by molar-refractivity contribution is -0.134. The van der Waals surface area contributed by atoms with Crippen LogP contribution in [0.25, 0.3) is 11.3 Å². The number of benzene rings is 2. The Kier molecular flexibility index (Phi) is 6.21. The van der Waals surface area contributed by atoms with E-state index in [4.69, 9.17) is 27.6 Å². The molecule has 0 bridgehead atoms. The van der Waals surface area contributed by atoms with Gasteiger partial charge in [-0.3, -0.25) is 9.59 Å². The van der Waals surface area contributed by atoms with E-state index in [0.717, 1.165) is 0 Å². The van der Waals surface area contributed by atoms with E-state index >= 15 is 0 Å². The highest BCUT2D eigenvalue weighted by Gasteiger charge is 2.37. The molecule has 2 aromatic carbocycles. The first-order valence-corrected chi connectivity index (χ1v) is 10.6. The number of halogens is 2. The minimum atomic E-state index is -1.15. The van der Waals surface area contributed by atoms with Crippen molar-refractivity contribution >= 4 is 46.7 Å². The molecule has 2 heterocycles. The Bertz CT molecular complexity index is 1210. The molecular formula is C23H18Cl2N2O5. The number of carboxylic acids is 1. The minimum Gasteiger partial charge on any atom is -0.478 e. The number of aromatic carboxylic acids is 1. The van der Waals surface area contributed by atoms with Gasteiger partial charge in [0, 0.05) is 17.0 Å². The lowest BCUT2D eigenvalue weighted by atomic mass is 10.1. The van der Waals surface area contributed by atoms with Crippen molar-refractivity contribution in [1.29, 1.82) is 0 Å². The molecule has 7 nitrogen and oxygen atoms in total. The van der Waals surface area contributed by atoms with Gasteiger partial charge in [-0.1, -0.05) is 35.3 Å². The summed E-state index contributed by atoms with van der Waals surface area (Å²) in [5, 5.41) is 12.9. The van der Waals surface area contributed by atoms with Crippen LogP contribution < -0.4 is 5.32 Å². The highest BCUT2D eigenvalue weighted by Crippen LogP contribution is 2.33. The molecule has 32 heavy (non-hydrogen) atoms. The van der Waals surface area contributed by atoms with E-state index in [-0.39, 0.29) is 30.1 Å². The molecule has 164 valence electrons. The van der Waals surface area contributed by atoms with Crippen LogP contribution in [0.15, 0.2) is 59.0 Å². The summed E-state index contributed by atoms with van der Waals surface area (Å²) >= 11 is 12.3. The third-order valence-electron chi connectivity index (χ3n) is 5.23. The molecule has 1 fully saturated rings. The lowest BCUT2D eigenvalue weighted by Crippen LogP contribution is -2.41. The van der Waals surface area contributed by atoms with Crippen LogP contribution in [0.3, 0.4) is 0 Å². The van der Waals surface area contributed by atoms with Gasteiger partial charge in [0.15, 0.2) is 0 Å². The highest BCUT2D eigenvalue weighted by molar-refractivity contribution is 6.35. The number of carboxylic acid groups (broad SMARTS) is 1. The maximum Gasteiger partial charge on any atom is 0.337 e. The molecule has 1 aliphatic rings. The monoisotopic (exact) mass is 472 g/mol. The Balaban J connectivity index is 1.52. The van der Waals surface area contributed by atoms with Gasteiger partial charge in [-0.15, -0.1) is 0 Å². The van der Waals surface area contributed by atoms with E-state index in [1.165, 1.54) is 17.0 Å². The number of carbonyl (C=O) groups is 3. The quantitative estimate of drug-likeness (QED) is 0.520. The number of hydrogen-bond donors (Lipinski definition) is 2. The van der Waals surface area contributed by atoms with Crippen molar-refractivity contribution in [3.05, 3.63) is 76.0 Å². The molecule has 2 amide bonds. The van der Waals surface area contributed by atoms with Crippen LogP contribution in [-0.2, 0) is 16.1 Å². The maximum absolute atomic E-state index is 12.9. The average Bonchev–Trinajstić information content (AvgIpc) is 3.37. The van der Waals surface area contributed by atoms with Crippen molar-refractivity contribution in [3.63, 3.8) is 0 Å². The number of likely N-dealkylation sites (tertiary alicyclic amines) is 1. The number of furan rings is 1. The molecule has 1 aliphatic heterocycles. The molecule has 0 aliphatic carbocycles. The third-order valence-corrected chi connectivity index (χ3v) is 5.79. The van der Waals surface area contributed by atoms with Gasteiger partial charge in [0.1, 0.15) is 17.6 Å². The van der Waals surface area contributed by atoms with E-state index in [2.05, 4.69) is 5.32 Å². The summed E-state index contributed by atoms with van der Waals surface area (Å²) in [5.74, 6) is -0.807. The number of anilines is 1. The molecule has 1 saturated heterocycles. The van der Waals surface area contributed by atoms with Crippen molar-refractivity contribution in [2.45, 2.75) is 25.4 Å². The number of nitrogens with one attached hydrogen (secondary N) is 1. The van der Waals surface area contributed by atoms with E-state index in [9.17, 15) is 19.5 Å². The van der Waals surface area contributed by atoms with Crippen LogP contribution in [-0.4, -0.2) is 33.8 Å². The van der Waals surface area contributed by atoms with Gasteiger partial charge >= 0.3 is 5.97 Å². The fraction of sp³-hybridized carbons (Fsp3) is 0.174. The number of para-hydroxylation sites is 1. The predicted molar refractivity (Wildman–Crippen MR) is 120 cm³/mol. The summed E-state index contributed by atoms with van der Waals surface area (Å²) in [5.41, 5.74) is 0.781. The summed E-state index contributed by atoms with van der Waals surface area (Å²) in [6, 6.07) is 13.8. The van der Waals surface area contributed by atoms with Gasteiger partial charge < -0.3 is 19.7 Å². The van der Waals surface area contributed by atoms with E-state index in [0.29, 0.717) is 33.6 Å². The molecule has 0 saturated carbocycles. The largest absolute Gasteiger partial charge is 0.478 e.